The zero-order chi connectivity index (χ0) is 14.5. The maximum Gasteiger partial charge on any atom is 0.330 e. The lowest BCUT2D eigenvalue weighted by Gasteiger charge is -2.34. The Hall–Kier alpha value is -2.22. The Bertz CT molecular complexity index is 536. The molecule has 1 aromatic rings. The number of amides is 1. The predicted molar refractivity (Wildman–Crippen MR) is 69.2 cm³/mol. The first-order valence-electron chi connectivity index (χ1n) is 6.37. The molecule has 0 bridgehead atoms. The summed E-state index contributed by atoms with van der Waals surface area (Å²) in [6, 6.07) is 1.89. The standard InChI is InChI=1S/C12H16N4O4/c1-2-20-12(19)9-7-13-5-6-16(9)11(18)8-3-4-10(17)15-14-8/h3-4,9,13H,2,5-7H2,1H3,(H,15,17). The Morgan fingerprint density at radius 3 is 2.95 bits per heavy atom. The van der Waals surface area contributed by atoms with Gasteiger partial charge in [0.05, 0.1) is 6.61 Å². The Morgan fingerprint density at radius 1 is 1.50 bits per heavy atom. The monoisotopic (exact) mass is 280 g/mol. The van der Waals surface area contributed by atoms with Crippen molar-refractivity contribution in [2.45, 2.75) is 13.0 Å². The van der Waals surface area contributed by atoms with Crippen molar-refractivity contribution >= 4 is 11.9 Å². The SMILES string of the molecule is CCOC(=O)C1CNCCN1C(=O)c1ccc(=O)[nH]n1. The molecule has 108 valence electrons. The Kier molecular flexibility index (Phi) is 4.46. The molecule has 1 aromatic heterocycles. The average molecular weight is 280 g/mol. The maximum absolute atomic E-state index is 12.3. The number of rotatable bonds is 3. The molecule has 1 unspecified atom stereocenters. The fourth-order valence-corrected chi connectivity index (χ4v) is 2.01. The third-order valence-electron chi connectivity index (χ3n) is 2.96. The van der Waals surface area contributed by atoms with Crippen molar-refractivity contribution in [2.75, 3.05) is 26.2 Å². The molecule has 0 saturated carbocycles. The van der Waals surface area contributed by atoms with Crippen molar-refractivity contribution in [3.63, 3.8) is 0 Å². The number of nitrogens with one attached hydrogen (secondary N) is 2. The van der Waals surface area contributed by atoms with Gasteiger partial charge in [0.15, 0.2) is 0 Å². The molecule has 20 heavy (non-hydrogen) atoms. The molecule has 0 spiro atoms. The highest BCUT2D eigenvalue weighted by molar-refractivity contribution is 5.95. The van der Waals surface area contributed by atoms with Crippen molar-refractivity contribution in [1.82, 2.24) is 20.4 Å². The van der Waals surface area contributed by atoms with Gasteiger partial charge in [-0.25, -0.2) is 9.89 Å². The fraction of sp³-hybridized carbons (Fsp3) is 0.500. The first-order valence-corrected chi connectivity index (χ1v) is 6.37. The summed E-state index contributed by atoms with van der Waals surface area (Å²) in [7, 11) is 0. The highest BCUT2D eigenvalue weighted by Crippen LogP contribution is 2.09. The molecule has 2 rings (SSSR count). The van der Waals surface area contributed by atoms with Crippen LogP contribution in [-0.2, 0) is 9.53 Å². The van der Waals surface area contributed by atoms with E-state index in [1.165, 1.54) is 17.0 Å². The molecule has 1 aliphatic heterocycles. The Balaban J connectivity index is 2.18. The minimum Gasteiger partial charge on any atom is -0.464 e. The molecule has 1 atom stereocenters. The number of esters is 1. The molecule has 2 heterocycles. The van der Waals surface area contributed by atoms with Crippen molar-refractivity contribution in [3.05, 3.63) is 28.2 Å². The van der Waals surface area contributed by atoms with E-state index in [0.717, 1.165) is 0 Å². The van der Waals surface area contributed by atoms with Gasteiger partial charge >= 0.3 is 5.97 Å². The van der Waals surface area contributed by atoms with Gasteiger partial charge < -0.3 is 15.0 Å². The molecule has 1 amide bonds. The molecule has 1 saturated heterocycles. The summed E-state index contributed by atoms with van der Waals surface area (Å²) < 4.78 is 4.97. The molecule has 0 radical (unpaired) electrons. The van der Waals surface area contributed by atoms with Crippen LogP contribution in [0.25, 0.3) is 0 Å². The summed E-state index contributed by atoms with van der Waals surface area (Å²) in [6.45, 7) is 3.28. The van der Waals surface area contributed by atoms with E-state index in [1.807, 2.05) is 0 Å². The van der Waals surface area contributed by atoms with Crippen molar-refractivity contribution in [1.29, 1.82) is 0 Å². The molecular formula is C12H16N4O4. The second-order valence-corrected chi connectivity index (χ2v) is 4.28. The number of aromatic amines is 1. The lowest BCUT2D eigenvalue weighted by atomic mass is 10.1. The van der Waals surface area contributed by atoms with E-state index in [-0.39, 0.29) is 17.9 Å². The van der Waals surface area contributed by atoms with E-state index < -0.39 is 17.9 Å². The normalized spacial score (nSPS) is 18.6. The van der Waals surface area contributed by atoms with Gasteiger partial charge in [0.25, 0.3) is 11.5 Å². The number of piperazine rings is 1. The topological polar surface area (TPSA) is 104 Å². The van der Waals surface area contributed by atoms with Crippen molar-refractivity contribution in [2.24, 2.45) is 0 Å². The number of carbonyl (C=O) groups excluding carboxylic acids is 2. The van der Waals surface area contributed by atoms with Gasteiger partial charge in [-0.1, -0.05) is 0 Å². The van der Waals surface area contributed by atoms with Crippen LogP contribution in [0.2, 0.25) is 0 Å². The summed E-state index contributed by atoms with van der Waals surface area (Å²) in [5, 5.41) is 8.94. The van der Waals surface area contributed by atoms with Crippen molar-refractivity contribution in [3.8, 4) is 0 Å². The number of nitrogens with zero attached hydrogens (tertiary/aromatic N) is 2. The Morgan fingerprint density at radius 2 is 2.30 bits per heavy atom. The summed E-state index contributed by atoms with van der Waals surface area (Å²) in [5.41, 5.74) is -0.287. The first-order chi connectivity index (χ1) is 9.63. The summed E-state index contributed by atoms with van der Waals surface area (Å²) >= 11 is 0. The van der Waals surface area contributed by atoms with Gasteiger partial charge in [0, 0.05) is 25.7 Å². The van der Waals surface area contributed by atoms with Gasteiger partial charge in [0.1, 0.15) is 11.7 Å². The van der Waals surface area contributed by atoms with Crippen LogP contribution in [0, 0.1) is 0 Å². The second-order valence-electron chi connectivity index (χ2n) is 4.28. The first kappa shape index (κ1) is 14.2. The zero-order valence-corrected chi connectivity index (χ0v) is 11.1. The quantitative estimate of drug-likeness (QED) is 0.670. The highest BCUT2D eigenvalue weighted by atomic mass is 16.5. The molecule has 2 N–H and O–H groups in total. The molecule has 8 heteroatoms. The zero-order valence-electron chi connectivity index (χ0n) is 11.1. The van der Waals surface area contributed by atoms with Crippen molar-refractivity contribution < 1.29 is 14.3 Å². The van der Waals surface area contributed by atoms with Crippen LogP contribution in [0.4, 0.5) is 0 Å². The smallest absolute Gasteiger partial charge is 0.330 e. The third-order valence-corrected chi connectivity index (χ3v) is 2.96. The van der Waals surface area contributed by atoms with Gasteiger partial charge in [0.2, 0.25) is 0 Å². The Labute approximate surface area is 115 Å². The maximum atomic E-state index is 12.3. The summed E-state index contributed by atoms with van der Waals surface area (Å²) in [4.78, 5) is 36.6. The van der Waals surface area contributed by atoms with Gasteiger partial charge in [-0.15, -0.1) is 0 Å². The lowest BCUT2D eigenvalue weighted by Crippen LogP contribution is -2.57. The van der Waals surface area contributed by atoms with Crippen LogP contribution in [0.3, 0.4) is 0 Å². The second kappa shape index (κ2) is 6.29. The molecule has 1 fully saturated rings. The number of ether oxygens (including phenoxy) is 1. The van der Waals surface area contributed by atoms with Crippen LogP contribution in [0.1, 0.15) is 17.4 Å². The minimum atomic E-state index is -0.676. The van der Waals surface area contributed by atoms with Gasteiger partial charge in [-0.2, -0.15) is 5.10 Å². The highest BCUT2D eigenvalue weighted by Gasteiger charge is 2.34. The van der Waals surface area contributed by atoms with Crippen LogP contribution < -0.4 is 10.9 Å². The van der Waals surface area contributed by atoms with Gasteiger partial charge in [-0.3, -0.25) is 9.59 Å². The molecule has 0 aromatic carbocycles. The minimum absolute atomic E-state index is 0.0980. The van der Waals surface area contributed by atoms with E-state index in [1.54, 1.807) is 6.92 Å². The summed E-state index contributed by atoms with van der Waals surface area (Å²) in [6.07, 6.45) is 0. The molecule has 0 aliphatic carbocycles. The fourth-order valence-electron chi connectivity index (χ4n) is 2.01. The van der Waals surface area contributed by atoms with Crippen LogP contribution in [-0.4, -0.2) is 59.3 Å². The number of aromatic nitrogens is 2. The number of hydrogen-bond acceptors (Lipinski definition) is 6. The van der Waals surface area contributed by atoms with E-state index in [2.05, 4.69) is 15.5 Å². The van der Waals surface area contributed by atoms with E-state index >= 15 is 0 Å². The number of H-pyrrole nitrogens is 1. The third kappa shape index (κ3) is 3.02. The van der Waals surface area contributed by atoms with Crippen LogP contribution in [0.15, 0.2) is 16.9 Å². The lowest BCUT2D eigenvalue weighted by molar-refractivity contribution is -0.149. The largest absolute Gasteiger partial charge is 0.464 e. The van der Waals surface area contributed by atoms with E-state index in [4.69, 9.17) is 4.74 Å². The number of hydrogen-bond donors (Lipinski definition) is 2. The van der Waals surface area contributed by atoms with Crippen LogP contribution >= 0.6 is 0 Å². The van der Waals surface area contributed by atoms with E-state index in [9.17, 15) is 14.4 Å². The summed E-state index contributed by atoms with van der Waals surface area (Å²) in [5.74, 6) is -0.849. The molecular weight excluding hydrogens is 264 g/mol. The van der Waals surface area contributed by atoms with E-state index in [0.29, 0.717) is 19.6 Å². The molecule has 1 aliphatic rings. The number of carbonyl (C=O) groups is 2. The molecule has 8 nitrogen and oxygen atoms in total. The van der Waals surface area contributed by atoms with Crippen LogP contribution in [0.5, 0.6) is 0 Å². The van der Waals surface area contributed by atoms with Gasteiger partial charge in [-0.05, 0) is 13.0 Å². The average Bonchev–Trinajstić information content (AvgIpc) is 2.47. The predicted octanol–water partition coefficient (Wildman–Crippen LogP) is -1.25.